The van der Waals surface area contributed by atoms with Gasteiger partial charge in [0.15, 0.2) is 5.16 Å². The van der Waals surface area contributed by atoms with Gasteiger partial charge in [-0.2, -0.15) is 13.2 Å². The number of rotatable bonds is 13. The summed E-state index contributed by atoms with van der Waals surface area (Å²) in [5.41, 5.74) is 4.21. The zero-order chi connectivity index (χ0) is 22.8. The van der Waals surface area contributed by atoms with Crippen molar-refractivity contribution >= 4 is 34.6 Å². The Morgan fingerprint density at radius 2 is 1.81 bits per heavy atom. The van der Waals surface area contributed by atoms with Crippen LogP contribution < -0.4 is 0 Å². The van der Waals surface area contributed by atoms with Crippen LogP contribution in [0.2, 0.25) is 0 Å². The van der Waals surface area contributed by atoms with E-state index in [4.69, 9.17) is 4.74 Å². The van der Waals surface area contributed by atoms with E-state index in [2.05, 4.69) is 26.6 Å². The van der Waals surface area contributed by atoms with E-state index in [9.17, 15) is 13.2 Å². The predicted molar refractivity (Wildman–Crippen MR) is 122 cm³/mol. The van der Waals surface area contributed by atoms with E-state index in [0.29, 0.717) is 6.61 Å². The minimum Gasteiger partial charge on any atom is -0.379 e. The number of hydrogen-bond donors (Lipinski definition) is 1. The van der Waals surface area contributed by atoms with Crippen LogP contribution in [0.4, 0.5) is 13.2 Å². The van der Waals surface area contributed by atoms with Gasteiger partial charge in [-0.15, -0.1) is 11.8 Å². The molecule has 0 bridgehead atoms. The summed E-state index contributed by atoms with van der Waals surface area (Å²) in [5, 5.41) is 0.884. The average molecular weight is 486 g/mol. The lowest BCUT2D eigenvalue weighted by Crippen LogP contribution is -2.19. The minimum absolute atomic E-state index is 0.0424. The normalized spacial score (nSPS) is 12.0. The van der Waals surface area contributed by atoms with Crippen LogP contribution >= 0.6 is 23.5 Å². The molecule has 0 saturated heterocycles. The van der Waals surface area contributed by atoms with Gasteiger partial charge < -0.3 is 14.5 Å². The first-order chi connectivity index (χ1) is 15.4. The molecule has 10 heteroatoms. The van der Waals surface area contributed by atoms with Crippen molar-refractivity contribution in [3.63, 3.8) is 0 Å². The molecular weight excluding hydrogens is 459 g/mol. The van der Waals surface area contributed by atoms with Crippen molar-refractivity contribution in [2.45, 2.75) is 41.7 Å². The minimum atomic E-state index is -4.28. The molecule has 2 heterocycles. The number of thioether (sulfide) groups is 2. The summed E-state index contributed by atoms with van der Waals surface area (Å²) >= 11 is 3.42. The van der Waals surface area contributed by atoms with Crippen molar-refractivity contribution in [3.8, 4) is 0 Å². The monoisotopic (exact) mass is 485 g/mol. The summed E-state index contributed by atoms with van der Waals surface area (Å²) < 4.78 is 45.7. The Labute approximate surface area is 193 Å². The number of unbranched alkanes of at least 4 members (excludes halogenated alkanes) is 1. The number of nitrogens with zero attached hydrogens (tertiary/aromatic N) is 2. The number of ether oxygens (including phenoxy) is 2. The van der Waals surface area contributed by atoms with Crippen LogP contribution in [0.5, 0.6) is 0 Å². The van der Waals surface area contributed by atoms with Crippen LogP contribution in [0.15, 0.2) is 46.6 Å². The van der Waals surface area contributed by atoms with Crippen LogP contribution in [-0.2, 0) is 15.2 Å². The molecule has 0 aliphatic rings. The molecule has 2 aromatic heterocycles. The van der Waals surface area contributed by atoms with E-state index in [1.54, 1.807) is 23.5 Å². The third-order valence-electron chi connectivity index (χ3n) is 4.55. The Balaban J connectivity index is 1.33. The molecule has 3 rings (SSSR count). The summed E-state index contributed by atoms with van der Waals surface area (Å²) in [4.78, 5) is 13.7. The highest BCUT2D eigenvalue weighted by molar-refractivity contribution is 7.99. The van der Waals surface area contributed by atoms with Crippen LogP contribution in [0, 0.1) is 6.92 Å². The maximum Gasteiger partial charge on any atom is 0.411 e. The van der Waals surface area contributed by atoms with Crippen molar-refractivity contribution in [1.29, 1.82) is 0 Å². The predicted octanol–water partition coefficient (Wildman–Crippen LogP) is 6.03. The number of aromatic amines is 1. The topological polar surface area (TPSA) is 60.0 Å². The molecule has 0 radical (unpaired) electrons. The number of pyridine rings is 1. The average Bonchev–Trinajstić information content (AvgIpc) is 3.17. The maximum atomic E-state index is 11.9. The van der Waals surface area contributed by atoms with Crippen molar-refractivity contribution < 1.29 is 22.6 Å². The zero-order valence-corrected chi connectivity index (χ0v) is 19.4. The van der Waals surface area contributed by atoms with Gasteiger partial charge in [-0.25, -0.2) is 4.98 Å². The van der Waals surface area contributed by atoms with Gasteiger partial charge in [0.1, 0.15) is 6.61 Å². The van der Waals surface area contributed by atoms with Gasteiger partial charge in [0.2, 0.25) is 0 Å². The van der Waals surface area contributed by atoms with E-state index in [1.807, 2.05) is 36.5 Å². The maximum absolute atomic E-state index is 11.9. The highest BCUT2D eigenvalue weighted by atomic mass is 32.2. The summed E-state index contributed by atoms with van der Waals surface area (Å²) in [6.07, 6.45) is -0.633. The quantitative estimate of drug-likeness (QED) is 0.236. The Bertz CT molecular complexity index is 949. The van der Waals surface area contributed by atoms with Crippen molar-refractivity contribution in [3.05, 3.63) is 47.8 Å². The number of aromatic nitrogens is 3. The van der Waals surface area contributed by atoms with E-state index >= 15 is 0 Å². The largest absolute Gasteiger partial charge is 0.411 e. The number of benzene rings is 1. The molecule has 0 fully saturated rings. The van der Waals surface area contributed by atoms with Crippen molar-refractivity contribution in [2.24, 2.45) is 0 Å². The lowest BCUT2D eigenvalue weighted by molar-refractivity contribution is -0.176. The Kier molecular flexibility index (Phi) is 9.70. The summed E-state index contributed by atoms with van der Waals surface area (Å²) in [6, 6.07) is 10.00. The molecule has 5 nitrogen and oxygen atoms in total. The van der Waals surface area contributed by atoms with Crippen LogP contribution in [0.25, 0.3) is 11.0 Å². The van der Waals surface area contributed by atoms with Crippen molar-refractivity contribution in [2.75, 3.05) is 32.2 Å². The van der Waals surface area contributed by atoms with Gasteiger partial charge in [-0.3, -0.25) is 4.98 Å². The fourth-order valence-corrected chi connectivity index (χ4v) is 4.86. The van der Waals surface area contributed by atoms with Gasteiger partial charge in [-0.1, -0.05) is 23.9 Å². The second-order valence-corrected chi connectivity index (χ2v) is 9.17. The molecule has 0 atom stereocenters. The standard InChI is InChI=1S/C22H26F3N3O2S2/c1-16-19(14-32-21-27-17-6-2-3-7-18(17)28-21)26-9-8-20(16)31-13-5-4-10-29-11-12-30-15-22(23,24)25/h2-3,6-9H,4-5,10-15H2,1H3,(H,27,28). The van der Waals surface area contributed by atoms with Crippen LogP contribution in [0.1, 0.15) is 24.1 Å². The molecule has 0 spiro atoms. The Hall–Kier alpha value is -1.75. The molecule has 1 aromatic carbocycles. The third-order valence-corrected chi connectivity index (χ3v) is 6.68. The number of para-hydroxylation sites is 2. The SMILES string of the molecule is Cc1c(SCCCCOCCOCC(F)(F)F)ccnc1CSc1nc2ccccc2[nH]1. The first-order valence-corrected chi connectivity index (χ1v) is 12.3. The second-order valence-electron chi connectivity index (χ2n) is 7.06. The number of H-pyrrole nitrogens is 1. The first kappa shape index (κ1) is 24.9. The lowest BCUT2D eigenvalue weighted by Gasteiger charge is -2.10. The van der Waals surface area contributed by atoms with Gasteiger partial charge in [0.25, 0.3) is 0 Å². The van der Waals surface area contributed by atoms with Crippen LogP contribution in [0.3, 0.4) is 0 Å². The smallest absolute Gasteiger partial charge is 0.379 e. The molecule has 0 saturated carbocycles. The highest BCUT2D eigenvalue weighted by Crippen LogP contribution is 2.28. The number of nitrogens with one attached hydrogen (secondary N) is 1. The first-order valence-electron chi connectivity index (χ1n) is 10.3. The fourth-order valence-electron chi connectivity index (χ4n) is 2.89. The second kappa shape index (κ2) is 12.5. The lowest BCUT2D eigenvalue weighted by atomic mass is 10.2. The molecular formula is C22H26F3N3O2S2. The summed E-state index contributed by atoms with van der Waals surface area (Å²) in [6.45, 7) is 1.52. The number of hydrogen-bond acceptors (Lipinski definition) is 6. The third kappa shape index (κ3) is 8.31. The van der Waals surface area contributed by atoms with E-state index in [0.717, 1.165) is 46.2 Å². The summed E-state index contributed by atoms with van der Waals surface area (Å²) in [5.74, 6) is 1.68. The zero-order valence-electron chi connectivity index (χ0n) is 17.8. The molecule has 0 aliphatic carbocycles. The molecule has 32 heavy (non-hydrogen) atoms. The number of imidazole rings is 1. The Morgan fingerprint density at radius 3 is 2.62 bits per heavy atom. The molecule has 0 unspecified atom stereocenters. The van der Waals surface area contributed by atoms with E-state index in [1.165, 1.54) is 10.5 Å². The van der Waals surface area contributed by atoms with E-state index < -0.39 is 12.8 Å². The molecule has 0 amide bonds. The number of fused-ring (bicyclic) bond motifs is 1. The highest BCUT2D eigenvalue weighted by Gasteiger charge is 2.27. The fraction of sp³-hybridized carbons (Fsp3) is 0.455. The van der Waals surface area contributed by atoms with Crippen LogP contribution in [-0.4, -0.2) is 53.3 Å². The van der Waals surface area contributed by atoms with Gasteiger partial charge in [0.05, 0.1) is 29.9 Å². The number of halogens is 3. The van der Waals surface area contributed by atoms with Gasteiger partial charge in [0, 0.05) is 23.5 Å². The van der Waals surface area contributed by atoms with Gasteiger partial charge in [-0.05, 0) is 49.3 Å². The van der Waals surface area contributed by atoms with Gasteiger partial charge >= 0.3 is 6.18 Å². The molecule has 174 valence electrons. The van der Waals surface area contributed by atoms with E-state index in [-0.39, 0.29) is 13.2 Å². The molecule has 1 N–H and O–H groups in total. The van der Waals surface area contributed by atoms with Crippen molar-refractivity contribution in [1.82, 2.24) is 15.0 Å². The summed E-state index contributed by atoms with van der Waals surface area (Å²) in [7, 11) is 0. The Morgan fingerprint density at radius 1 is 1.00 bits per heavy atom. The molecule has 3 aromatic rings. The molecule has 0 aliphatic heterocycles. The number of alkyl halides is 3.